The van der Waals surface area contributed by atoms with Crippen molar-refractivity contribution in [3.8, 4) is 0 Å². The van der Waals surface area contributed by atoms with Gasteiger partial charge in [-0.2, -0.15) is 0 Å². The van der Waals surface area contributed by atoms with E-state index in [0.717, 1.165) is 0 Å². The van der Waals surface area contributed by atoms with Crippen LogP contribution in [0.2, 0.25) is 0 Å². The van der Waals surface area contributed by atoms with Crippen molar-refractivity contribution in [2.75, 3.05) is 0 Å². The highest BCUT2D eigenvalue weighted by molar-refractivity contribution is 4.53. The van der Waals surface area contributed by atoms with Crippen molar-refractivity contribution in [2.24, 2.45) is 0 Å². The van der Waals surface area contributed by atoms with Crippen LogP contribution in [0.15, 0.2) is 12.5 Å². The second kappa shape index (κ2) is 0.767. The number of hydrogen-bond acceptors (Lipinski definition) is 0. The summed E-state index contributed by atoms with van der Waals surface area (Å²) in [5.41, 5.74) is 0. The topological polar surface area (TPSA) is 39.8 Å². The molecule has 0 aliphatic rings. The summed E-state index contributed by atoms with van der Waals surface area (Å²) in [5, 5.41) is 17.6. The van der Waals surface area contributed by atoms with Gasteiger partial charge in [-0.25, -0.2) is 10.2 Å². The Hall–Kier alpha value is -0.660. The summed E-state index contributed by atoms with van der Waals surface area (Å²) in [4.78, 5) is 0. The van der Waals surface area contributed by atoms with Gasteiger partial charge in [0.15, 0.2) is 0 Å². The van der Waals surface area contributed by atoms with E-state index < -0.39 is 5.95 Å². The Balaban J connectivity index is 2.80. The maximum absolute atomic E-state index is 8.78. The van der Waals surface area contributed by atoms with Crippen molar-refractivity contribution in [3.63, 3.8) is 0 Å². The lowest BCUT2D eigenvalue weighted by molar-refractivity contribution is 0.0795. The first kappa shape index (κ1) is 3.34. The fraction of sp³-hybridized carbons (Fsp3) is 0. The fourth-order valence-corrected chi connectivity index (χ4v) is 0. The average Bonchev–Trinajstić information content (AvgIpc) is 0.811. The Morgan fingerprint density at radius 1 is 1.50 bits per heavy atom. The first-order valence-electron chi connectivity index (χ1n) is 0.762. The van der Waals surface area contributed by atoms with Crippen molar-refractivity contribution in [1.82, 2.24) is 0 Å². The Kier molecular flexibility index (Phi) is 0.641. The maximum atomic E-state index is 8.78. The Bertz CT molecular complexity index is 27.0. The average molecular weight is 58.0 g/mol. The van der Waals surface area contributed by atoms with Crippen LogP contribution in [0.25, 0.3) is 0 Å². The molecule has 0 aromatic carbocycles. The third kappa shape index (κ3) is 0.356. The predicted octanol–water partition coefficient (Wildman–Crippen LogP) is 0.319. The highest BCUT2D eigenvalue weighted by Crippen LogP contribution is 1.64. The van der Waals surface area contributed by atoms with E-state index in [2.05, 4.69) is 6.58 Å². The van der Waals surface area contributed by atoms with Crippen LogP contribution in [0, 0.1) is 0 Å². The van der Waals surface area contributed by atoms with Gasteiger partial charge in [-0.1, -0.05) is 0 Å². The van der Waals surface area contributed by atoms with Crippen LogP contribution in [0.4, 0.5) is 0 Å². The van der Waals surface area contributed by atoms with Crippen LogP contribution in [-0.4, -0.2) is 0 Å². The largest absolute Gasteiger partial charge is 0.372 e. The van der Waals surface area contributed by atoms with Crippen molar-refractivity contribution in [3.05, 3.63) is 12.5 Å². The van der Waals surface area contributed by atoms with Crippen LogP contribution in [0.5, 0.6) is 0 Å². The number of rotatable bonds is 0. The Morgan fingerprint density at radius 2 is 1.50 bits per heavy atom. The summed E-state index contributed by atoms with van der Waals surface area (Å²) in [6.45, 7) is 2.44. The fourth-order valence-electron chi connectivity index (χ4n) is 0. The van der Waals surface area contributed by atoms with E-state index in [0.29, 0.717) is 0 Å². The van der Waals surface area contributed by atoms with Crippen molar-refractivity contribution in [1.29, 1.82) is 0 Å². The first-order chi connectivity index (χ1) is 1.73. The first-order valence-corrected chi connectivity index (χ1v) is 0.762. The third-order valence-electron chi connectivity index (χ3n) is 0. The molecule has 0 aromatic rings. The molecule has 0 spiro atoms. The lowest BCUT2D eigenvalue weighted by atomic mass is 11.1. The molecule has 0 aliphatic carbocycles. The molecule has 0 fully saturated rings. The summed E-state index contributed by atoms with van der Waals surface area (Å²) in [7, 11) is 0. The van der Waals surface area contributed by atoms with E-state index >= 15 is 0 Å². The molecular formula is C2H2O2. The van der Waals surface area contributed by atoms with Crippen LogP contribution in [-0.2, 0) is 10.2 Å². The van der Waals surface area contributed by atoms with Gasteiger partial charge in [0.05, 0.1) is 0 Å². The molecule has 2 heteroatoms. The van der Waals surface area contributed by atoms with E-state index in [1.165, 1.54) is 0 Å². The lowest BCUT2D eigenvalue weighted by Crippen LogP contribution is -1.54. The quantitative estimate of drug-likeness (QED) is 0.360. The van der Waals surface area contributed by atoms with Gasteiger partial charge in [0.25, 0.3) is 0 Å². The summed E-state index contributed by atoms with van der Waals surface area (Å²) in [5.74, 6) is -1.33. The van der Waals surface area contributed by atoms with E-state index in [-0.39, 0.29) is 0 Å². The van der Waals surface area contributed by atoms with Crippen molar-refractivity contribution in [2.45, 2.75) is 0 Å². The lowest BCUT2D eigenvalue weighted by Gasteiger charge is -1.52. The zero-order valence-corrected chi connectivity index (χ0v) is 2.02. The summed E-state index contributed by atoms with van der Waals surface area (Å²) < 4.78 is 0. The van der Waals surface area contributed by atoms with Gasteiger partial charge in [0, 0.05) is 0 Å². The molecule has 0 aromatic heterocycles. The third-order valence-corrected chi connectivity index (χ3v) is 0. The van der Waals surface area contributed by atoms with Gasteiger partial charge in [-0.3, -0.25) is 0 Å². The SMILES string of the molecule is C=C([O])[O]. The second-order valence-electron chi connectivity index (χ2n) is 0.372. The minimum Gasteiger partial charge on any atom is -0.243 e. The van der Waals surface area contributed by atoms with Crippen LogP contribution < -0.4 is 0 Å². The molecule has 2 radical (unpaired) electrons. The number of hydrogen-bond donors (Lipinski definition) is 0. The normalized spacial score (nSPS) is 6.00. The molecule has 0 aliphatic heterocycles. The monoisotopic (exact) mass is 58.0 g/mol. The summed E-state index contributed by atoms with van der Waals surface area (Å²) in [6, 6.07) is 0. The molecule has 4 heavy (non-hydrogen) atoms. The van der Waals surface area contributed by atoms with Crippen LogP contribution in [0.1, 0.15) is 0 Å². The Morgan fingerprint density at radius 3 is 1.50 bits per heavy atom. The van der Waals surface area contributed by atoms with E-state index in [9.17, 15) is 0 Å². The molecule has 22 valence electrons. The molecule has 0 N–H and O–H groups in total. The molecule has 2 nitrogen and oxygen atoms in total. The summed E-state index contributed by atoms with van der Waals surface area (Å²) >= 11 is 0. The maximum Gasteiger partial charge on any atom is 0.372 e. The molecule has 0 unspecified atom stereocenters. The zero-order valence-electron chi connectivity index (χ0n) is 2.02. The van der Waals surface area contributed by atoms with Crippen LogP contribution >= 0.6 is 0 Å². The highest BCUT2D eigenvalue weighted by Gasteiger charge is 1.70. The highest BCUT2D eigenvalue weighted by atomic mass is 16.5. The molecule has 0 atom stereocenters. The molecule has 0 saturated carbocycles. The van der Waals surface area contributed by atoms with Gasteiger partial charge >= 0.3 is 5.95 Å². The molecule has 0 bridgehead atoms. The van der Waals surface area contributed by atoms with Gasteiger partial charge < -0.3 is 0 Å². The van der Waals surface area contributed by atoms with Gasteiger partial charge in [-0.15, -0.1) is 0 Å². The summed E-state index contributed by atoms with van der Waals surface area (Å²) in [6.07, 6.45) is 0. The van der Waals surface area contributed by atoms with E-state index in [1.54, 1.807) is 0 Å². The molecular weight excluding hydrogens is 56.0 g/mol. The molecule has 0 heterocycles. The molecule has 0 rings (SSSR count). The van der Waals surface area contributed by atoms with Crippen molar-refractivity contribution >= 4 is 0 Å². The van der Waals surface area contributed by atoms with Gasteiger partial charge in [0.1, 0.15) is 0 Å². The molecule has 0 saturated heterocycles. The van der Waals surface area contributed by atoms with Gasteiger partial charge in [0.2, 0.25) is 0 Å². The van der Waals surface area contributed by atoms with E-state index in [4.69, 9.17) is 10.2 Å². The zero-order chi connectivity index (χ0) is 3.58. The smallest absolute Gasteiger partial charge is 0.243 e. The standard InChI is InChI=1S/C2H2O2/c1-2(3)4/h1H2. The second-order valence-corrected chi connectivity index (χ2v) is 0.372. The minimum absolute atomic E-state index is 1.33. The predicted molar refractivity (Wildman–Crippen MR) is 10.5 cm³/mol. The molecule has 0 amide bonds. The van der Waals surface area contributed by atoms with Crippen LogP contribution in [0.3, 0.4) is 0 Å². The van der Waals surface area contributed by atoms with Crippen molar-refractivity contribution < 1.29 is 10.2 Å². The Labute approximate surface area is 24.0 Å². The van der Waals surface area contributed by atoms with E-state index in [1.807, 2.05) is 0 Å². The van der Waals surface area contributed by atoms with Gasteiger partial charge in [-0.05, 0) is 6.58 Å². The minimum atomic E-state index is -1.33.